The molecule has 2 aromatic carbocycles. The highest BCUT2D eigenvalue weighted by Crippen LogP contribution is 2.17. The number of ketones is 1. The summed E-state index contributed by atoms with van der Waals surface area (Å²) >= 11 is 2.17. The maximum Gasteiger partial charge on any atom is 0.306 e. The molecule has 0 aliphatic heterocycles. The van der Waals surface area contributed by atoms with E-state index in [9.17, 15) is 18.8 Å². The van der Waals surface area contributed by atoms with E-state index in [4.69, 9.17) is 4.74 Å². The van der Waals surface area contributed by atoms with E-state index in [0.29, 0.717) is 11.3 Å². The van der Waals surface area contributed by atoms with Crippen LogP contribution < -0.4 is 5.32 Å². The van der Waals surface area contributed by atoms with Gasteiger partial charge in [0.25, 0.3) is 5.91 Å². The molecule has 0 aliphatic carbocycles. The molecular formula is C19H17FINO4. The minimum Gasteiger partial charge on any atom is -0.456 e. The van der Waals surface area contributed by atoms with Crippen LogP contribution in [-0.4, -0.2) is 24.3 Å². The first-order valence-electron chi connectivity index (χ1n) is 7.85. The molecule has 0 saturated heterocycles. The number of ether oxygens (including phenoxy) is 1. The standard InChI is InChI=1S/C19H17FINO4/c1-12-10-15(21)6-7-16(12)22-18(24)11-26-19(25)9-8-17(23)13-2-4-14(20)5-3-13/h2-7,10H,8-9,11H2,1H3,(H,22,24). The Bertz CT molecular complexity index is 821. The first kappa shape index (κ1) is 20.0. The molecule has 1 amide bonds. The molecule has 0 heterocycles. The van der Waals surface area contributed by atoms with Crippen molar-refractivity contribution in [1.82, 2.24) is 0 Å². The molecule has 0 atom stereocenters. The van der Waals surface area contributed by atoms with E-state index in [0.717, 1.165) is 9.13 Å². The number of carbonyl (C=O) groups excluding carboxylic acids is 3. The second-order valence-electron chi connectivity index (χ2n) is 5.60. The Labute approximate surface area is 164 Å². The smallest absolute Gasteiger partial charge is 0.306 e. The van der Waals surface area contributed by atoms with Gasteiger partial charge in [0, 0.05) is 21.2 Å². The third-order valence-electron chi connectivity index (χ3n) is 3.55. The number of carbonyl (C=O) groups is 3. The maximum atomic E-state index is 12.8. The van der Waals surface area contributed by atoms with Crippen LogP contribution in [0.25, 0.3) is 0 Å². The lowest BCUT2D eigenvalue weighted by molar-refractivity contribution is -0.147. The molecule has 0 unspecified atom stereocenters. The minimum atomic E-state index is -0.644. The van der Waals surface area contributed by atoms with Crippen LogP contribution in [0.2, 0.25) is 0 Å². The molecule has 2 rings (SSSR count). The van der Waals surface area contributed by atoms with E-state index in [1.807, 2.05) is 19.1 Å². The highest BCUT2D eigenvalue weighted by molar-refractivity contribution is 14.1. The van der Waals surface area contributed by atoms with E-state index in [1.54, 1.807) is 6.07 Å². The SMILES string of the molecule is Cc1cc(I)ccc1NC(=O)COC(=O)CCC(=O)c1ccc(F)cc1. The fourth-order valence-electron chi connectivity index (χ4n) is 2.17. The Morgan fingerprint density at radius 3 is 2.42 bits per heavy atom. The van der Waals surface area contributed by atoms with Crippen LogP contribution >= 0.6 is 22.6 Å². The van der Waals surface area contributed by atoms with E-state index in [1.165, 1.54) is 24.3 Å². The molecule has 0 fully saturated rings. The van der Waals surface area contributed by atoms with Crippen molar-refractivity contribution in [3.8, 4) is 0 Å². The van der Waals surface area contributed by atoms with Gasteiger partial charge in [-0.05, 0) is 77.5 Å². The molecular weight excluding hydrogens is 452 g/mol. The Morgan fingerprint density at radius 2 is 1.77 bits per heavy atom. The van der Waals surface area contributed by atoms with Crippen LogP contribution in [0.3, 0.4) is 0 Å². The largest absolute Gasteiger partial charge is 0.456 e. The fourth-order valence-corrected chi connectivity index (χ4v) is 2.81. The fraction of sp³-hybridized carbons (Fsp3) is 0.211. The van der Waals surface area contributed by atoms with Gasteiger partial charge < -0.3 is 10.1 Å². The summed E-state index contributed by atoms with van der Waals surface area (Å²) in [6.07, 6.45) is -0.214. The Balaban J connectivity index is 1.74. The summed E-state index contributed by atoms with van der Waals surface area (Å²) in [5, 5.41) is 2.67. The highest BCUT2D eigenvalue weighted by Gasteiger charge is 2.12. The molecule has 0 bridgehead atoms. The number of benzene rings is 2. The zero-order valence-corrected chi connectivity index (χ0v) is 16.2. The number of hydrogen-bond donors (Lipinski definition) is 1. The van der Waals surface area contributed by atoms with Crippen LogP contribution in [-0.2, 0) is 14.3 Å². The van der Waals surface area contributed by atoms with Crippen molar-refractivity contribution in [3.05, 3.63) is 63.0 Å². The van der Waals surface area contributed by atoms with Crippen LogP contribution in [0.15, 0.2) is 42.5 Å². The van der Waals surface area contributed by atoms with Crippen molar-refractivity contribution in [3.63, 3.8) is 0 Å². The number of halogens is 2. The second-order valence-corrected chi connectivity index (χ2v) is 6.84. The lowest BCUT2D eigenvalue weighted by Crippen LogP contribution is -2.21. The van der Waals surface area contributed by atoms with Crippen LogP contribution in [0.1, 0.15) is 28.8 Å². The Hall–Kier alpha value is -2.29. The Morgan fingerprint density at radius 1 is 1.08 bits per heavy atom. The average molecular weight is 469 g/mol. The van der Waals surface area contributed by atoms with Gasteiger partial charge in [-0.2, -0.15) is 0 Å². The molecule has 0 saturated carbocycles. The minimum absolute atomic E-state index is 0.0671. The lowest BCUT2D eigenvalue weighted by atomic mass is 10.1. The van der Waals surface area contributed by atoms with Crippen molar-refractivity contribution >= 4 is 45.9 Å². The van der Waals surface area contributed by atoms with Crippen molar-refractivity contribution < 1.29 is 23.5 Å². The molecule has 26 heavy (non-hydrogen) atoms. The number of aryl methyl sites for hydroxylation is 1. The van der Waals surface area contributed by atoms with Gasteiger partial charge in [0.05, 0.1) is 6.42 Å². The summed E-state index contributed by atoms with van der Waals surface area (Å²) in [6.45, 7) is 1.44. The molecule has 136 valence electrons. The van der Waals surface area contributed by atoms with E-state index >= 15 is 0 Å². The highest BCUT2D eigenvalue weighted by atomic mass is 127. The van der Waals surface area contributed by atoms with Crippen LogP contribution in [0.4, 0.5) is 10.1 Å². The summed E-state index contributed by atoms with van der Waals surface area (Å²) in [5.74, 6) is -1.82. The van der Waals surface area contributed by atoms with Crippen molar-refractivity contribution in [2.24, 2.45) is 0 Å². The molecule has 5 nitrogen and oxygen atoms in total. The number of hydrogen-bond acceptors (Lipinski definition) is 4. The van der Waals surface area contributed by atoms with Gasteiger partial charge in [0.1, 0.15) is 5.82 Å². The lowest BCUT2D eigenvalue weighted by Gasteiger charge is -2.09. The molecule has 7 heteroatoms. The Kier molecular flexibility index (Phi) is 7.26. The molecule has 0 spiro atoms. The van der Waals surface area contributed by atoms with Gasteiger partial charge in [-0.3, -0.25) is 14.4 Å². The number of rotatable bonds is 7. The van der Waals surface area contributed by atoms with Crippen molar-refractivity contribution in [2.75, 3.05) is 11.9 Å². The predicted molar refractivity (Wildman–Crippen MR) is 103 cm³/mol. The summed E-state index contributed by atoms with van der Waals surface area (Å²) in [6, 6.07) is 10.6. The van der Waals surface area contributed by atoms with Gasteiger partial charge in [0.15, 0.2) is 12.4 Å². The molecule has 1 N–H and O–H groups in total. The first-order chi connectivity index (χ1) is 12.3. The topological polar surface area (TPSA) is 72.5 Å². The monoisotopic (exact) mass is 469 g/mol. The summed E-state index contributed by atoms with van der Waals surface area (Å²) in [4.78, 5) is 35.4. The maximum absolute atomic E-state index is 12.8. The van der Waals surface area contributed by atoms with Crippen molar-refractivity contribution in [2.45, 2.75) is 19.8 Å². The summed E-state index contributed by atoms with van der Waals surface area (Å²) in [7, 11) is 0. The number of nitrogens with one attached hydrogen (secondary N) is 1. The third kappa shape index (κ3) is 6.21. The summed E-state index contributed by atoms with van der Waals surface area (Å²) < 4.78 is 18.7. The number of anilines is 1. The van der Waals surface area contributed by atoms with Gasteiger partial charge in [-0.25, -0.2) is 4.39 Å². The van der Waals surface area contributed by atoms with Gasteiger partial charge in [0.2, 0.25) is 0 Å². The molecule has 0 radical (unpaired) electrons. The average Bonchev–Trinajstić information content (AvgIpc) is 2.61. The molecule has 2 aromatic rings. The zero-order chi connectivity index (χ0) is 19.1. The van der Waals surface area contributed by atoms with E-state index in [2.05, 4.69) is 27.9 Å². The van der Waals surface area contributed by atoms with Crippen molar-refractivity contribution in [1.29, 1.82) is 0 Å². The predicted octanol–water partition coefficient (Wildman–Crippen LogP) is 3.88. The first-order valence-corrected chi connectivity index (χ1v) is 8.93. The number of amides is 1. The zero-order valence-electron chi connectivity index (χ0n) is 14.1. The van der Waals surface area contributed by atoms with Gasteiger partial charge in [-0.15, -0.1) is 0 Å². The second kappa shape index (κ2) is 9.42. The van der Waals surface area contributed by atoms with Crippen LogP contribution in [0.5, 0.6) is 0 Å². The quantitative estimate of drug-likeness (QED) is 0.380. The van der Waals surface area contributed by atoms with Crippen LogP contribution in [0, 0.1) is 16.3 Å². The van der Waals surface area contributed by atoms with E-state index in [-0.39, 0.29) is 18.6 Å². The summed E-state index contributed by atoms with van der Waals surface area (Å²) in [5.41, 5.74) is 1.88. The molecule has 0 aliphatic rings. The number of esters is 1. The normalized spacial score (nSPS) is 10.3. The van der Waals surface area contributed by atoms with Gasteiger partial charge >= 0.3 is 5.97 Å². The van der Waals surface area contributed by atoms with Gasteiger partial charge in [-0.1, -0.05) is 0 Å². The third-order valence-corrected chi connectivity index (χ3v) is 4.22. The molecule has 0 aromatic heterocycles. The van der Waals surface area contributed by atoms with E-state index < -0.39 is 24.3 Å². The number of Topliss-reactive ketones (excluding diaryl/α,β-unsaturated/α-hetero) is 1.